The number of rotatable bonds is 4. The van der Waals surface area contributed by atoms with Gasteiger partial charge in [-0.15, -0.1) is 0 Å². The van der Waals surface area contributed by atoms with Crippen LogP contribution in [0.2, 0.25) is 0 Å². The third kappa shape index (κ3) is 3.23. The van der Waals surface area contributed by atoms with Gasteiger partial charge in [0.05, 0.1) is 5.69 Å². The molecule has 2 heterocycles. The van der Waals surface area contributed by atoms with Crippen LogP contribution >= 0.6 is 0 Å². The number of hydrogen-bond acceptors (Lipinski definition) is 4. The van der Waals surface area contributed by atoms with E-state index in [0.29, 0.717) is 18.7 Å². The molecule has 3 rings (SSSR count). The van der Waals surface area contributed by atoms with Crippen LogP contribution < -0.4 is 5.73 Å². The Morgan fingerprint density at radius 1 is 1.16 bits per heavy atom. The first-order valence-corrected chi connectivity index (χ1v) is 7.98. The van der Waals surface area contributed by atoms with Gasteiger partial charge >= 0.3 is 5.97 Å². The molecular formula is C17H18N4O4. The Hall–Kier alpha value is -3.16. The highest BCUT2D eigenvalue weighted by Gasteiger charge is 2.34. The zero-order valence-corrected chi connectivity index (χ0v) is 13.5. The number of hydrogen-bond donors (Lipinski definition) is 2. The molecule has 1 aromatic carbocycles. The van der Waals surface area contributed by atoms with Crippen molar-refractivity contribution in [2.45, 2.75) is 25.3 Å². The molecule has 1 fully saturated rings. The van der Waals surface area contributed by atoms with Gasteiger partial charge in [-0.3, -0.25) is 9.59 Å². The maximum atomic E-state index is 12.8. The summed E-state index contributed by atoms with van der Waals surface area (Å²) < 4.78 is 1.30. The Bertz CT molecular complexity index is 815. The van der Waals surface area contributed by atoms with Gasteiger partial charge in [0, 0.05) is 12.6 Å². The van der Waals surface area contributed by atoms with E-state index in [1.54, 1.807) is 24.3 Å². The smallest absolute Gasteiger partial charge is 0.326 e. The lowest BCUT2D eigenvalue weighted by Crippen LogP contribution is -2.48. The van der Waals surface area contributed by atoms with Crippen molar-refractivity contribution >= 4 is 17.8 Å². The van der Waals surface area contributed by atoms with Crippen molar-refractivity contribution < 1.29 is 19.5 Å². The highest BCUT2D eigenvalue weighted by atomic mass is 16.4. The molecule has 1 aliphatic heterocycles. The predicted molar refractivity (Wildman–Crippen MR) is 88.4 cm³/mol. The van der Waals surface area contributed by atoms with Crippen LogP contribution in [0.4, 0.5) is 0 Å². The number of nitrogens with two attached hydrogens (primary N) is 1. The first-order chi connectivity index (χ1) is 12.0. The number of carboxylic acid groups (broad SMARTS) is 1. The number of carbonyl (C=O) groups excluding carboxylic acids is 2. The summed E-state index contributed by atoms with van der Waals surface area (Å²) in [5, 5.41) is 13.5. The van der Waals surface area contributed by atoms with Gasteiger partial charge in [-0.25, -0.2) is 9.48 Å². The summed E-state index contributed by atoms with van der Waals surface area (Å²) in [6.45, 7) is 0.347. The maximum absolute atomic E-state index is 12.8. The van der Waals surface area contributed by atoms with Gasteiger partial charge < -0.3 is 15.7 Å². The summed E-state index contributed by atoms with van der Waals surface area (Å²) in [5.74, 6) is -2.27. The molecule has 2 amide bonds. The summed E-state index contributed by atoms with van der Waals surface area (Å²) in [6.07, 6.45) is 1.90. The van der Waals surface area contributed by atoms with Crippen LogP contribution in [0.25, 0.3) is 5.69 Å². The fourth-order valence-corrected chi connectivity index (χ4v) is 3.01. The van der Waals surface area contributed by atoms with Gasteiger partial charge in [0.15, 0.2) is 5.69 Å². The van der Waals surface area contributed by atoms with Crippen molar-refractivity contribution in [3.05, 3.63) is 47.8 Å². The molecule has 2 aromatic rings. The average molecular weight is 342 g/mol. The molecule has 0 radical (unpaired) electrons. The van der Waals surface area contributed by atoms with Crippen LogP contribution in [0.15, 0.2) is 36.4 Å². The van der Waals surface area contributed by atoms with E-state index in [1.165, 1.54) is 15.6 Å². The molecule has 0 unspecified atom stereocenters. The Morgan fingerprint density at radius 2 is 1.88 bits per heavy atom. The third-order valence-electron chi connectivity index (χ3n) is 4.23. The highest BCUT2D eigenvalue weighted by Crippen LogP contribution is 2.21. The minimum atomic E-state index is -1.04. The van der Waals surface area contributed by atoms with Gasteiger partial charge in [-0.05, 0) is 31.4 Å². The Kier molecular flexibility index (Phi) is 4.51. The van der Waals surface area contributed by atoms with Crippen LogP contribution in [0.3, 0.4) is 0 Å². The molecule has 25 heavy (non-hydrogen) atoms. The summed E-state index contributed by atoms with van der Waals surface area (Å²) in [6, 6.07) is 9.26. The van der Waals surface area contributed by atoms with Crippen LogP contribution in [0.5, 0.6) is 0 Å². The number of aliphatic carboxylic acids is 1. The van der Waals surface area contributed by atoms with Crippen molar-refractivity contribution in [1.82, 2.24) is 14.7 Å². The number of primary amides is 1. The normalized spacial score (nSPS) is 17.3. The molecule has 0 spiro atoms. The molecular weight excluding hydrogens is 324 g/mol. The lowest BCUT2D eigenvalue weighted by atomic mass is 10.0. The lowest BCUT2D eigenvalue weighted by Gasteiger charge is -2.32. The number of benzene rings is 1. The van der Waals surface area contributed by atoms with E-state index in [-0.39, 0.29) is 11.4 Å². The monoisotopic (exact) mass is 342 g/mol. The minimum absolute atomic E-state index is 0.00537. The van der Waals surface area contributed by atoms with E-state index in [2.05, 4.69) is 5.10 Å². The molecule has 1 atom stereocenters. The largest absolute Gasteiger partial charge is 0.480 e. The first kappa shape index (κ1) is 16.7. The number of carbonyl (C=O) groups is 3. The van der Waals surface area contributed by atoms with Gasteiger partial charge in [-0.2, -0.15) is 5.10 Å². The van der Waals surface area contributed by atoms with Crippen molar-refractivity contribution in [1.29, 1.82) is 0 Å². The van der Waals surface area contributed by atoms with Gasteiger partial charge in [0.25, 0.3) is 11.8 Å². The number of carboxylic acids is 1. The summed E-state index contributed by atoms with van der Waals surface area (Å²) in [7, 11) is 0. The SMILES string of the molecule is NC(=O)c1cc(C(=O)N2CCCC[C@@H]2C(=O)O)nn1-c1ccccc1. The van der Waals surface area contributed by atoms with Crippen LogP contribution in [0, 0.1) is 0 Å². The molecule has 0 saturated carbocycles. The minimum Gasteiger partial charge on any atom is -0.480 e. The van der Waals surface area contributed by atoms with E-state index in [4.69, 9.17) is 5.73 Å². The average Bonchev–Trinajstić information content (AvgIpc) is 3.07. The molecule has 0 bridgehead atoms. The predicted octanol–water partition coefficient (Wildman–Crippen LogP) is 1.05. The van der Waals surface area contributed by atoms with E-state index < -0.39 is 23.8 Å². The third-order valence-corrected chi connectivity index (χ3v) is 4.23. The van der Waals surface area contributed by atoms with E-state index >= 15 is 0 Å². The van der Waals surface area contributed by atoms with Crippen LogP contribution in [-0.4, -0.2) is 50.2 Å². The molecule has 0 aliphatic carbocycles. The zero-order valence-electron chi connectivity index (χ0n) is 13.5. The highest BCUT2D eigenvalue weighted by molar-refractivity contribution is 5.99. The standard InChI is InChI=1S/C17H18N4O4/c18-15(22)14-10-12(19-21(14)11-6-2-1-3-7-11)16(23)20-9-5-4-8-13(20)17(24)25/h1-3,6-7,10,13H,4-5,8-9H2,(H2,18,22)(H,24,25)/t13-/m1/s1. The second-order valence-electron chi connectivity index (χ2n) is 5.87. The molecule has 1 aromatic heterocycles. The molecule has 8 heteroatoms. The van der Waals surface area contributed by atoms with Gasteiger partial charge in [-0.1, -0.05) is 18.2 Å². The fraction of sp³-hybridized carbons (Fsp3) is 0.294. The Morgan fingerprint density at radius 3 is 2.52 bits per heavy atom. The number of aromatic nitrogens is 2. The second kappa shape index (κ2) is 6.76. The summed E-state index contributed by atoms with van der Waals surface area (Å²) in [5.41, 5.74) is 6.06. The molecule has 1 aliphatic rings. The van der Waals surface area contributed by atoms with Gasteiger partial charge in [0.1, 0.15) is 11.7 Å². The summed E-state index contributed by atoms with van der Waals surface area (Å²) in [4.78, 5) is 37.2. The van der Waals surface area contributed by atoms with Crippen molar-refractivity contribution in [3.63, 3.8) is 0 Å². The zero-order chi connectivity index (χ0) is 18.0. The van der Waals surface area contributed by atoms with Crippen molar-refractivity contribution in [3.8, 4) is 5.69 Å². The molecule has 1 saturated heterocycles. The quantitative estimate of drug-likeness (QED) is 0.861. The number of likely N-dealkylation sites (tertiary alicyclic amines) is 1. The molecule has 3 N–H and O–H groups in total. The number of nitrogens with zero attached hydrogens (tertiary/aromatic N) is 3. The fourth-order valence-electron chi connectivity index (χ4n) is 3.01. The number of piperidine rings is 1. The number of amides is 2. The van der Waals surface area contributed by atoms with E-state index in [9.17, 15) is 19.5 Å². The number of para-hydroxylation sites is 1. The lowest BCUT2D eigenvalue weighted by molar-refractivity contribution is -0.143. The topological polar surface area (TPSA) is 119 Å². The van der Waals surface area contributed by atoms with Crippen molar-refractivity contribution in [2.24, 2.45) is 5.73 Å². The Balaban J connectivity index is 1.98. The molecule has 130 valence electrons. The van der Waals surface area contributed by atoms with Crippen LogP contribution in [0.1, 0.15) is 40.2 Å². The second-order valence-corrected chi connectivity index (χ2v) is 5.87. The summed E-state index contributed by atoms with van der Waals surface area (Å²) >= 11 is 0. The van der Waals surface area contributed by atoms with Crippen molar-refractivity contribution in [2.75, 3.05) is 6.54 Å². The van der Waals surface area contributed by atoms with Gasteiger partial charge in [0.2, 0.25) is 0 Å². The first-order valence-electron chi connectivity index (χ1n) is 7.98. The maximum Gasteiger partial charge on any atom is 0.326 e. The molecule has 8 nitrogen and oxygen atoms in total. The Labute approximate surface area is 143 Å². The van der Waals surface area contributed by atoms with E-state index in [1.807, 2.05) is 6.07 Å². The van der Waals surface area contributed by atoms with Crippen LogP contribution in [-0.2, 0) is 4.79 Å². The van der Waals surface area contributed by atoms with E-state index in [0.717, 1.165) is 12.8 Å².